The van der Waals surface area contributed by atoms with Gasteiger partial charge in [-0.2, -0.15) is 0 Å². The fourth-order valence-electron chi connectivity index (χ4n) is 2.21. The summed E-state index contributed by atoms with van der Waals surface area (Å²) in [7, 11) is 0. The highest BCUT2D eigenvalue weighted by Gasteiger charge is 2.25. The summed E-state index contributed by atoms with van der Waals surface area (Å²) in [6, 6.07) is 0.384. The van der Waals surface area contributed by atoms with Gasteiger partial charge >= 0.3 is 0 Å². The first-order valence-corrected chi connectivity index (χ1v) is 6.60. The Labute approximate surface area is 101 Å². The Balaban J connectivity index is 2.58. The van der Waals surface area contributed by atoms with Crippen molar-refractivity contribution < 1.29 is 0 Å². The summed E-state index contributed by atoms with van der Waals surface area (Å²) in [5.74, 6) is 6.38. The van der Waals surface area contributed by atoms with Crippen molar-refractivity contribution in [3.8, 4) is 0 Å². The normalized spacial score (nSPS) is 21.4. The minimum Gasteiger partial charge on any atom is -0.271 e. The summed E-state index contributed by atoms with van der Waals surface area (Å²) in [6.07, 6.45) is 8.67. The zero-order chi connectivity index (χ0) is 12.2. The second kappa shape index (κ2) is 5.83. The van der Waals surface area contributed by atoms with Crippen molar-refractivity contribution in [1.29, 1.82) is 0 Å². The van der Waals surface area contributed by atoms with Crippen LogP contribution in [0.3, 0.4) is 0 Å². The van der Waals surface area contributed by atoms with Crippen LogP contribution in [0.15, 0.2) is 11.6 Å². The monoisotopic (exact) mass is 224 g/mol. The highest BCUT2D eigenvalue weighted by Crippen LogP contribution is 2.32. The second-order valence-corrected chi connectivity index (χ2v) is 6.25. The molecule has 0 fully saturated rings. The maximum atomic E-state index is 5.70. The first kappa shape index (κ1) is 13.7. The summed E-state index contributed by atoms with van der Waals surface area (Å²) in [5, 5.41) is 0. The Morgan fingerprint density at radius 2 is 2.06 bits per heavy atom. The van der Waals surface area contributed by atoms with Gasteiger partial charge in [-0.05, 0) is 43.4 Å². The molecule has 94 valence electrons. The molecule has 2 nitrogen and oxygen atoms in total. The maximum absolute atomic E-state index is 5.70. The number of nitrogens with one attached hydrogen (secondary N) is 1. The van der Waals surface area contributed by atoms with Gasteiger partial charge in [-0.1, -0.05) is 39.3 Å². The van der Waals surface area contributed by atoms with Crippen LogP contribution < -0.4 is 11.3 Å². The average molecular weight is 224 g/mol. The molecule has 0 spiro atoms. The molecule has 2 heteroatoms. The van der Waals surface area contributed by atoms with Gasteiger partial charge in [0.05, 0.1) is 0 Å². The van der Waals surface area contributed by atoms with Gasteiger partial charge in [0, 0.05) is 6.04 Å². The summed E-state index contributed by atoms with van der Waals surface area (Å²) in [6.45, 7) is 9.25. The minimum absolute atomic E-state index is 0.365. The molecule has 0 heterocycles. The molecule has 0 radical (unpaired) electrons. The van der Waals surface area contributed by atoms with E-state index in [2.05, 4.69) is 39.2 Å². The molecule has 0 saturated carbocycles. The van der Waals surface area contributed by atoms with Crippen LogP contribution in [0.4, 0.5) is 0 Å². The van der Waals surface area contributed by atoms with Crippen molar-refractivity contribution in [3.05, 3.63) is 11.6 Å². The second-order valence-electron chi connectivity index (χ2n) is 6.25. The molecule has 0 aromatic heterocycles. The van der Waals surface area contributed by atoms with Crippen molar-refractivity contribution in [2.75, 3.05) is 0 Å². The Bertz CT molecular complexity index is 238. The molecular weight excluding hydrogens is 196 g/mol. The Kier molecular flexibility index (Phi) is 5.00. The van der Waals surface area contributed by atoms with E-state index in [-0.39, 0.29) is 0 Å². The maximum Gasteiger partial charge on any atom is 0.0422 e. The predicted molar refractivity (Wildman–Crippen MR) is 70.9 cm³/mol. The average Bonchev–Trinajstić information content (AvgIpc) is 2.25. The van der Waals surface area contributed by atoms with Crippen LogP contribution >= 0.6 is 0 Å². The third-order valence-corrected chi connectivity index (χ3v) is 4.04. The van der Waals surface area contributed by atoms with E-state index in [1.165, 1.54) is 31.3 Å². The van der Waals surface area contributed by atoms with Crippen LogP contribution in [0.25, 0.3) is 0 Å². The van der Waals surface area contributed by atoms with E-state index < -0.39 is 0 Å². The number of nitrogens with two attached hydrogens (primary N) is 1. The molecule has 0 bridgehead atoms. The lowest BCUT2D eigenvalue weighted by molar-refractivity contribution is 0.229. The lowest BCUT2D eigenvalue weighted by Crippen LogP contribution is -2.39. The van der Waals surface area contributed by atoms with Crippen LogP contribution in [-0.2, 0) is 0 Å². The van der Waals surface area contributed by atoms with Gasteiger partial charge in [0.25, 0.3) is 0 Å². The minimum atomic E-state index is 0.365. The van der Waals surface area contributed by atoms with Crippen molar-refractivity contribution >= 4 is 0 Å². The van der Waals surface area contributed by atoms with Gasteiger partial charge in [-0.3, -0.25) is 11.3 Å². The highest BCUT2D eigenvalue weighted by atomic mass is 15.2. The fourth-order valence-corrected chi connectivity index (χ4v) is 2.21. The number of hydrogen-bond acceptors (Lipinski definition) is 2. The van der Waals surface area contributed by atoms with Gasteiger partial charge in [0.1, 0.15) is 0 Å². The van der Waals surface area contributed by atoms with E-state index in [1.54, 1.807) is 0 Å². The first-order chi connectivity index (χ1) is 7.45. The van der Waals surface area contributed by atoms with Gasteiger partial charge < -0.3 is 0 Å². The topological polar surface area (TPSA) is 38.0 Å². The molecule has 0 saturated heterocycles. The van der Waals surface area contributed by atoms with Crippen LogP contribution in [0.2, 0.25) is 0 Å². The number of hydrogen-bond donors (Lipinski definition) is 2. The van der Waals surface area contributed by atoms with Crippen molar-refractivity contribution in [2.24, 2.45) is 17.2 Å². The summed E-state index contributed by atoms with van der Waals surface area (Å²) in [5.41, 5.74) is 4.90. The largest absolute Gasteiger partial charge is 0.271 e. The molecule has 1 aliphatic carbocycles. The number of rotatable bonds is 4. The lowest BCUT2D eigenvalue weighted by atomic mass is 9.77. The zero-order valence-corrected chi connectivity index (χ0v) is 11.3. The molecule has 0 aliphatic heterocycles. The van der Waals surface area contributed by atoms with E-state index in [9.17, 15) is 0 Å². The molecule has 2 unspecified atom stereocenters. The van der Waals surface area contributed by atoms with Crippen LogP contribution in [0, 0.1) is 11.3 Å². The summed E-state index contributed by atoms with van der Waals surface area (Å²) in [4.78, 5) is 0. The van der Waals surface area contributed by atoms with Gasteiger partial charge in [-0.25, -0.2) is 0 Å². The van der Waals surface area contributed by atoms with Gasteiger partial charge in [0.15, 0.2) is 0 Å². The Morgan fingerprint density at radius 1 is 1.38 bits per heavy atom. The summed E-state index contributed by atoms with van der Waals surface area (Å²) < 4.78 is 0. The van der Waals surface area contributed by atoms with E-state index in [4.69, 9.17) is 5.84 Å². The number of allylic oxidation sites excluding steroid dienone is 1. The van der Waals surface area contributed by atoms with E-state index >= 15 is 0 Å². The standard InChI is InChI=1S/C14H28N2/c1-11(14(2,3)4)10-13(16-15)12-8-6-5-7-9-12/h8,11,13,16H,5-7,9-10,15H2,1-4H3. The predicted octanol–water partition coefficient (Wildman–Crippen LogP) is 3.39. The third kappa shape index (κ3) is 3.91. The molecule has 0 amide bonds. The van der Waals surface area contributed by atoms with Gasteiger partial charge in [0.2, 0.25) is 0 Å². The van der Waals surface area contributed by atoms with Crippen molar-refractivity contribution in [3.63, 3.8) is 0 Å². The Hall–Kier alpha value is -0.340. The molecule has 0 aromatic rings. The van der Waals surface area contributed by atoms with E-state index in [1.807, 2.05) is 0 Å². The van der Waals surface area contributed by atoms with E-state index in [0.29, 0.717) is 17.4 Å². The number of hydrazine groups is 1. The first-order valence-electron chi connectivity index (χ1n) is 6.60. The molecule has 0 aromatic carbocycles. The molecule has 16 heavy (non-hydrogen) atoms. The highest BCUT2D eigenvalue weighted by molar-refractivity contribution is 5.13. The van der Waals surface area contributed by atoms with Crippen LogP contribution in [0.1, 0.15) is 59.8 Å². The molecule has 2 atom stereocenters. The summed E-state index contributed by atoms with van der Waals surface area (Å²) >= 11 is 0. The van der Waals surface area contributed by atoms with Crippen LogP contribution in [0.5, 0.6) is 0 Å². The molecular formula is C14H28N2. The molecule has 1 rings (SSSR count). The molecule has 3 N–H and O–H groups in total. The smallest absolute Gasteiger partial charge is 0.0422 e. The van der Waals surface area contributed by atoms with Gasteiger partial charge in [-0.15, -0.1) is 0 Å². The molecule has 1 aliphatic rings. The zero-order valence-electron chi connectivity index (χ0n) is 11.3. The third-order valence-electron chi connectivity index (χ3n) is 4.04. The fraction of sp³-hybridized carbons (Fsp3) is 0.857. The lowest BCUT2D eigenvalue weighted by Gasteiger charge is -2.32. The quantitative estimate of drug-likeness (QED) is 0.436. The SMILES string of the molecule is CC(CC(NN)C1=CCCCC1)C(C)(C)C. The van der Waals surface area contributed by atoms with Crippen molar-refractivity contribution in [2.45, 2.75) is 65.8 Å². The van der Waals surface area contributed by atoms with E-state index in [0.717, 1.165) is 6.42 Å². The Morgan fingerprint density at radius 3 is 2.50 bits per heavy atom. The van der Waals surface area contributed by atoms with Crippen LogP contribution in [-0.4, -0.2) is 6.04 Å². The van der Waals surface area contributed by atoms with Crippen molar-refractivity contribution in [1.82, 2.24) is 5.43 Å².